The molecule has 0 spiro atoms. The van der Waals surface area contributed by atoms with Gasteiger partial charge < -0.3 is 10.1 Å². The first-order valence-electron chi connectivity index (χ1n) is 2.67. The summed E-state index contributed by atoms with van der Waals surface area (Å²) >= 11 is 0. The summed E-state index contributed by atoms with van der Waals surface area (Å²) in [4.78, 5) is 0. The van der Waals surface area contributed by atoms with Crippen molar-refractivity contribution < 1.29 is 37.4 Å². The molecule has 0 aromatic carbocycles. The third kappa shape index (κ3) is 2.54. The van der Waals surface area contributed by atoms with Crippen LogP contribution < -0.4 is 5.32 Å². The van der Waals surface area contributed by atoms with Crippen molar-refractivity contribution >= 4 is 0 Å². The second-order valence-corrected chi connectivity index (χ2v) is 1.85. The van der Waals surface area contributed by atoms with Gasteiger partial charge in [-0.1, -0.05) is 0 Å². The molecule has 1 aliphatic heterocycles. The fourth-order valence-corrected chi connectivity index (χ4v) is 0.829. The number of rotatable bonds is 1. The van der Waals surface area contributed by atoms with Crippen LogP contribution in [0.25, 0.3) is 0 Å². The Bertz CT molecular complexity index is 54.4. The normalized spacial score (nSPS) is 27.4. The largest absolute Gasteiger partial charge is 0.380 e. The topological polar surface area (TPSA) is 21.3 Å². The van der Waals surface area contributed by atoms with Crippen LogP contribution in [-0.2, 0) is 37.4 Å². The van der Waals surface area contributed by atoms with Crippen LogP contribution >= 0.6 is 0 Å². The Kier molecular flexibility index (Phi) is 5.48. The van der Waals surface area contributed by atoms with Gasteiger partial charge in [0.1, 0.15) is 0 Å². The summed E-state index contributed by atoms with van der Waals surface area (Å²) in [6.45, 7) is 2.16. The van der Waals surface area contributed by atoms with Gasteiger partial charge in [-0.25, -0.2) is 0 Å². The summed E-state index contributed by atoms with van der Waals surface area (Å²) in [5.41, 5.74) is 0. The van der Waals surface area contributed by atoms with E-state index in [1.54, 1.807) is 7.11 Å². The van der Waals surface area contributed by atoms with E-state index < -0.39 is 0 Å². The maximum absolute atomic E-state index is 5.05. The molecular formula is C5H11NOY. The van der Waals surface area contributed by atoms with Gasteiger partial charge in [-0.2, -0.15) is 0 Å². The fraction of sp³-hybridized carbons (Fsp3) is 1.00. The summed E-state index contributed by atoms with van der Waals surface area (Å²) in [5, 5.41) is 3.20. The maximum Gasteiger partial charge on any atom is 0.0707 e. The van der Waals surface area contributed by atoms with Crippen molar-refractivity contribution in [2.24, 2.45) is 0 Å². The summed E-state index contributed by atoms with van der Waals surface area (Å²) in [6, 6.07) is 0. The smallest absolute Gasteiger partial charge is 0.0707 e. The molecule has 0 saturated carbocycles. The molecule has 0 bridgehead atoms. The molecule has 1 unspecified atom stereocenters. The Morgan fingerprint density at radius 3 is 2.62 bits per heavy atom. The molecule has 1 saturated heterocycles. The van der Waals surface area contributed by atoms with E-state index in [4.69, 9.17) is 4.74 Å². The van der Waals surface area contributed by atoms with E-state index in [9.17, 15) is 0 Å². The summed E-state index contributed by atoms with van der Waals surface area (Å²) in [5.74, 6) is 0. The monoisotopic (exact) mass is 190 g/mol. The quantitative estimate of drug-likeness (QED) is 0.628. The van der Waals surface area contributed by atoms with Crippen molar-refractivity contribution in [2.45, 2.75) is 12.5 Å². The summed E-state index contributed by atoms with van der Waals surface area (Å²) in [6.07, 6.45) is 1.66. The van der Waals surface area contributed by atoms with Crippen molar-refractivity contribution in [3.05, 3.63) is 0 Å². The zero-order chi connectivity index (χ0) is 5.11. The maximum atomic E-state index is 5.05. The molecule has 1 heterocycles. The molecule has 2 nitrogen and oxygen atoms in total. The predicted octanol–water partition coefficient (Wildman–Crippen LogP) is -0.00780. The first kappa shape index (κ1) is 9.02. The Labute approximate surface area is 75.2 Å². The second-order valence-electron chi connectivity index (χ2n) is 1.85. The van der Waals surface area contributed by atoms with Crippen molar-refractivity contribution in [1.29, 1.82) is 0 Å². The first-order chi connectivity index (χ1) is 3.43. The zero-order valence-electron chi connectivity index (χ0n) is 5.18. The Morgan fingerprint density at radius 1 is 1.62 bits per heavy atom. The summed E-state index contributed by atoms with van der Waals surface area (Å²) < 4.78 is 5.05. The number of hydrogen-bond acceptors (Lipinski definition) is 2. The molecule has 0 aromatic heterocycles. The predicted molar refractivity (Wildman–Crippen MR) is 28.3 cm³/mol. The number of nitrogens with one attached hydrogen (secondary N) is 1. The molecule has 0 aliphatic carbocycles. The Morgan fingerprint density at radius 2 is 2.38 bits per heavy atom. The van der Waals surface area contributed by atoms with E-state index in [1.807, 2.05) is 0 Å². The van der Waals surface area contributed by atoms with Crippen LogP contribution in [0.5, 0.6) is 0 Å². The third-order valence-electron chi connectivity index (χ3n) is 1.35. The zero-order valence-corrected chi connectivity index (χ0v) is 8.02. The fourth-order valence-electron chi connectivity index (χ4n) is 0.829. The summed E-state index contributed by atoms with van der Waals surface area (Å²) in [7, 11) is 1.76. The SMILES string of the molecule is COC1CCNC1.[Y]. The molecular weight excluding hydrogens is 179 g/mol. The second kappa shape index (κ2) is 4.86. The third-order valence-corrected chi connectivity index (χ3v) is 1.35. The van der Waals surface area contributed by atoms with Gasteiger partial charge in [-0.15, -0.1) is 0 Å². The first-order valence-corrected chi connectivity index (χ1v) is 2.67. The van der Waals surface area contributed by atoms with E-state index in [0.717, 1.165) is 13.1 Å². The van der Waals surface area contributed by atoms with Gasteiger partial charge in [0.2, 0.25) is 0 Å². The van der Waals surface area contributed by atoms with Crippen LogP contribution in [0, 0.1) is 0 Å². The molecule has 0 amide bonds. The van der Waals surface area contributed by atoms with Crippen molar-refractivity contribution in [3.8, 4) is 0 Å². The van der Waals surface area contributed by atoms with Crippen LogP contribution in [0.3, 0.4) is 0 Å². The molecule has 0 aromatic rings. The standard InChI is InChI=1S/C5H11NO.Y/c1-7-5-2-3-6-4-5;/h5-6H,2-4H2,1H3;. The average molecular weight is 190 g/mol. The molecule has 8 heavy (non-hydrogen) atoms. The minimum Gasteiger partial charge on any atom is -0.380 e. The molecule has 1 rings (SSSR count). The van der Waals surface area contributed by atoms with Gasteiger partial charge in [0.25, 0.3) is 0 Å². The van der Waals surface area contributed by atoms with Crippen LogP contribution in [0.1, 0.15) is 6.42 Å². The van der Waals surface area contributed by atoms with Crippen LogP contribution in [0.2, 0.25) is 0 Å². The van der Waals surface area contributed by atoms with Gasteiger partial charge in [-0.3, -0.25) is 0 Å². The van der Waals surface area contributed by atoms with Crippen LogP contribution in [-0.4, -0.2) is 26.3 Å². The Balaban J connectivity index is 0.000000490. The van der Waals surface area contributed by atoms with Gasteiger partial charge >= 0.3 is 0 Å². The molecule has 1 radical (unpaired) electrons. The minimum atomic E-state index is 0. The van der Waals surface area contributed by atoms with E-state index in [0.29, 0.717) is 6.10 Å². The molecule has 1 N–H and O–H groups in total. The van der Waals surface area contributed by atoms with Crippen molar-refractivity contribution in [2.75, 3.05) is 20.2 Å². The van der Waals surface area contributed by atoms with E-state index >= 15 is 0 Å². The van der Waals surface area contributed by atoms with E-state index in [-0.39, 0.29) is 32.7 Å². The van der Waals surface area contributed by atoms with Gasteiger partial charge in [-0.05, 0) is 13.0 Å². The number of ether oxygens (including phenoxy) is 1. The van der Waals surface area contributed by atoms with Gasteiger partial charge in [0, 0.05) is 46.4 Å². The van der Waals surface area contributed by atoms with Crippen molar-refractivity contribution in [3.63, 3.8) is 0 Å². The molecule has 45 valence electrons. The molecule has 3 heteroatoms. The average Bonchev–Trinajstić information content (AvgIpc) is 2.14. The van der Waals surface area contributed by atoms with Gasteiger partial charge in [0.15, 0.2) is 0 Å². The van der Waals surface area contributed by atoms with E-state index in [2.05, 4.69) is 5.32 Å². The Hall–Kier alpha value is 1.02. The van der Waals surface area contributed by atoms with E-state index in [1.165, 1.54) is 6.42 Å². The number of methoxy groups -OCH3 is 1. The molecule has 1 atom stereocenters. The molecule has 1 fully saturated rings. The van der Waals surface area contributed by atoms with Gasteiger partial charge in [0.05, 0.1) is 6.10 Å². The van der Waals surface area contributed by atoms with Crippen LogP contribution in [0.15, 0.2) is 0 Å². The van der Waals surface area contributed by atoms with Crippen LogP contribution in [0.4, 0.5) is 0 Å². The minimum absolute atomic E-state index is 0. The number of hydrogen-bond donors (Lipinski definition) is 1. The molecule has 1 aliphatic rings. The van der Waals surface area contributed by atoms with Crippen molar-refractivity contribution in [1.82, 2.24) is 5.32 Å².